The molecule has 1 heterocycles. The van der Waals surface area contributed by atoms with Gasteiger partial charge in [-0.2, -0.15) is 0 Å². The summed E-state index contributed by atoms with van der Waals surface area (Å²) in [7, 11) is 4.12. The minimum atomic E-state index is 0.381. The molecule has 0 aliphatic carbocycles. The van der Waals surface area contributed by atoms with Crippen LogP contribution >= 0.6 is 11.8 Å². The third kappa shape index (κ3) is 7.13. The second kappa shape index (κ2) is 12.3. The van der Waals surface area contributed by atoms with Crippen molar-refractivity contribution < 1.29 is 4.74 Å². The van der Waals surface area contributed by atoms with Crippen molar-refractivity contribution in [2.24, 2.45) is 0 Å². The summed E-state index contributed by atoms with van der Waals surface area (Å²) in [6, 6.07) is 17.1. The summed E-state index contributed by atoms with van der Waals surface area (Å²) in [5.74, 6) is 2.60. The molecule has 2 aromatic rings. The lowest BCUT2D eigenvalue weighted by Gasteiger charge is -2.28. The lowest BCUT2D eigenvalue weighted by atomic mass is 10.1. The van der Waals surface area contributed by atoms with Crippen LogP contribution in [0.4, 0.5) is 11.4 Å². The Morgan fingerprint density at radius 2 is 1.88 bits per heavy atom. The van der Waals surface area contributed by atoms with Gasteiger partial charge in [0.2, 0.25) is 0 Å². The van der Waals surface area contributed by atoms with Gasteiger partial charge in [0.1, 0.15) is 11.7 Å². The van der Waals surface area contributed by atoms with Crippen LogP contribution in [0.1, 0.15) is 19.4 Å². The molecule has 0 bridgehead atoms. The Labute approximate surface area is 197 Å². The molecular formula is C27H35N3OS. The average Bonchev–Trinajstić information content (AvgIpc) is 2.80. The first kappa shape index (κ1) is 23.9. The number of rotatable bonds is 11. The summed E-state index contributed by atoms with van der Waals surface area (Å²) in [5.41, 5.74) is 4.74. The van der Waals surface area contributed by atoms with Crippen molar-refractivity contribution in [3.63, 3.8) is 0 Å². The Morgan fingerprint density at radius 1 is 1.09 bits per heavy atom. The molecule has 1 unspecified atom stereocenters. The summed E-state index contributed by atoms with van der Waals surface area (Å²) in [4.78, 5) is 4.49. The maximum atomic E-state index is 5.96. The number of nitrogens with zero attached hydrogens (tertiary/aromatic N) is 2. The van der Waals surface area contributed by atoms with Gasteiger partial charge in [0.05, 0.1) is 5.69 Å². The Bertz CT molecular complexity index is 934. The third-order valence-corrected chi connectivity index (χ3v) is 6.09. The number of anilines is 2. The standard InChI is InChI=1S/C27H35N3OS/c1-5-28-26-8-6-7-9-27(26)31-21-32-19-18-30-17-16-24(20-22(30)2)11-10-23-12-14-25(15-13-23)29(3)4/h6-17,20,22,28H,5,18-19,21H2,1-4H3/b11-10+. The molecule has 3 rings (SSSR count). The van der Waals surface area contributed by atoms with Crippen LogP contribution in [0.3, 0.4) is 0 Å². The molecule has 4 nitrogen and oxygen atoms in total. The molecule has 0 fully saturated rings. The molecule has 0 amide bonds. The van der Waals surface area contributed by atoms with Crippen LogP contribution in [0.25, 0.3) is 6.08 Å². The molecule has 0 saturated heterocycles. The highest BCUT2D eigenvalue weighted by molar-refractivity contribution is 7.99. The fourth-order valence-electron chi connectivity index (χ4n) is 3.48. The van der Waals surface area contributed by atoms with Crippen LogP contribution in [-0.4, -0.2) is 49.8 Å². The molecule has 170 valence electrons. The molecule has 0 radical (unpaired) electrons. The molecule has 0 aromatic heterocycles. The molecule has 2 aromatic carbocycles. The van der Waals surface area contributed by atoms with E-state index in [9.17, 15) is 0 Å². The minimum Gasteiger partial charge on any atom is -0.481 e. The summed E-state index contributed by atoms with van der Waals surface area (Å²) in [6.07, 6.45) is 11.1. The minimum absolute atomic E-state index is 0.381. The van der Waals surface area contributed by atoms with Crippen LogP contribution in [-0.2, 0) is 0 Å². The first-order valence-electron chi connectivity index (χ1n) is 11.2. The first-order valence-corrected chi connectivity index (χ1v) is 12.4. The van der Waals surface area contributed by atoms with Crippen LogP contribution in [0.5, 0.6) is 5.75 Å². The zero-order chi connectivity index (χ0) is 22.8. The Morgan fingerprint density at radius 3 is 2.59 bits per heavy atom. The van der Waals surface area contributed by atoms with Gasteiger partial charge in [0.25, 0.3) is 0 Å². The molecule has 1 N–H and O–H groups in total. The van der Waals surface area contributed by atoms with E-state index < -0.39 is 0 Å². The quantitative estimate of drug-likeness (QED) is 0.330. The Hall–Kier alpha value is -2.79. The lowest BCUT2D eigenvalue weighted by molar-refractivity contribution is 0.350. The maximum Gasteiger partial charge on any atom is 0.143 e. The van der Waals surface area contributed by atoms with Crippen LogP contribution in [0, 0.1) is 0 Å². The van der Waals surface area contributed by atoms with Gasteiger partial charge in [-0.05, 0) is 55.3 Å². The van der Waals surface area contributed by atoms with Crippen molar-refractivity contribution in [1.29, 1.82) is 0 Å². The second-order valence-electron chi connectivity index (χ2n) is 7.98. The number of hydrogen-bond donors (Lipinski definition) is 1. The Kier molecular flexibility index (Phi) is 9.17. The predicted molar refractivity (Wildman–Crippen MR) is 142 cm³/mol. The van der Waals surface area contributed by atoms with E-state index in [-0.39, 0.29) is 0 Å². The van der Waals surface area contributed by atoms with E-state index in [0.29, 0.717) is 12.0 Å². The average molecular weight is 450 g/mol. The van der Waals surface area contributed by atoms with Gasteiger partial charge in [-0.1, -0.05) is 42.5 Å². The van der Waals surface area contributed by atoms with Gasteiger partial charge in [0.15, 0.2) is 0 Å². The lowest BCUT2D eigenvalue weighted by Crippen LogP contribution is -2.30. The smallest absolute Gasteiger partial charge is 0.143 e. The van der Waals surface area contributed by atoms with Crippen molar-refractivity contribution in [2.75, 3.05) is 49.1 Å². The molecule has 1 aliphatic rings. The van der Waals surface area contributed by atoms with Gasteiger partial charge in [-0.25, -0.2) is 0 Å². The number of hydrogen-bond acceptors (Lipinski definition) is 5. The number of benzene rings is 2. The van der Waals surface area contributed by atoms with Crippen LogP contribution < -0.4 is 15.0 Å². The molecule has 1 atom stereocenters. The fourth-order valence-corrected chi connectivity index (χ4v) is 4.14. The van der Waals surface area contributed by atoms with Crippen molar-refractivity contribution in [3.8, 4) is 5.75 Å². The molecule has 1 aliphatic heterocycles. The predicted octanol–water partition coefficient (Wildman–Crippen LogP) is 6.11. The number of allylic oxidation sites excluding steroid dienone is 3. The fraction of sp³-hybridized carbons (Fsp3) is 0.333. The van der Waals surface area contributed by atoms with E-state index >= 15 is 0 Å². The van der Waals surface area contributed by atoms with E-state index in [1.54, 1.807) is 0 Å². The number of ether oxygens (including phenoxy) is 1. The van der Waals surface area contributed by atoms with Crippen molar-refractivity contribution in [2.45, 2.75) is 19.9 Å². The highest BCUT2D eigenvalue weighted by Crippen LogP contribution is 2.24. The monoisotopic (exact) mass is 449 g/mol. The molecule has 0 spiro atoms. The SMILES string of the molecule is CCNc1ccccc1OCSCCN1C=CC(/C=C/c2ccc(N(C)C)cc2)=CC1C. The van der Waals surface area contributed by atoms with E-state index in [2.05, 4.69) is 104 Å². The number of nitrogens with one attached hydrogen (secondary N) is 1. The highest BCUT2D eigenvalue weighted by Gasteiger charge is 2.11. The summed E-state index contributed by atoms with van der Waals surface area (Å²) >= 11 is 1.82. The third-order valence-electron chi connectivity index (χ3n) is 5.34. The summed E-state index contributed by atoms with van der Waals surface area (Å²) < 4.78 is 5.96. The van der Waals surface area contributed by atoms with E-state index in [1.165, 1.54) is 16.8 Å². The normalized spacial score (nSPS) is 15.7. The topological polar surface area (TPSA) is 27.7 Å². The number of thioether (sulfide) groups is 1. The largest absolute Gasteiger partial charge is 0.481 e. The van der Waals surface area contributed by atoms with E-state index in [0.717, 1.165) is 30.3 Å². The van der Waals surface area contributed by atoms with Crippen molar-refractivity contribution in [3.05, 3.63) is 84.1 Å². The number of para-hydroxylation sites is 2. The zero-order valence-corrected chi connectivity index (χ0v) is 20.4. The van der Waals surface area contributed by atoms with E-state index in [4.69, 9.17) is 4.74 Å². The van der Waals surface area contributed by atoms with E-state index in [1.807, 2.05) is 30.0 Å². The first-order chi connectivity index (χ1) is 15.6. The second-order valence-corrected chi connectivity index (χ2v) is 9.03. The van der Waals surface area contributed by atoms with Crippen molar-refractivity contribution in [1.82, 2.24) is 4.90 Å². The van der Waals surface area contributed by atoms with Crippen molar-refractivity contribution >= 4 is 29.2 Å². The molecule has 32 heavy (non-hydrogen) atoms. The molecule has 5 heteroatoms. The Balaban J connectivity index is 1.41. The van der Waals surface area contributed by atoms with Gasteiger partial charge in [0, 0.05) is 50.9 Å². The van der Waals surface area contributed by atoms with Gasteiger partial charge < -0.3 is 19.9 Å². The van der Waals surface area contributed by atoms with Gasteiger partial charge >= 0.3 is 0 Å². The summed E-state index contributed by atoms with van der Waals surface area (Å²) in [5, 5.41) is 3.34. The zero-order valence-electron chi connectivity index (χ0n) is 19.6. The van der Waals surface area contributed by atoms with Gasteiger partial charge in [-0.3, -0.25) is 0 Å². The van der Waals surface area contributed by atoms with Gasteiger partial charge in [-0.15, -0.1) is 11.8 Å². The summed E-state index contributed by atoms with van der Waals surface area (Å²) in [6.45, 7) is 6.23. The van der Waals surface area contributed by atoms with Crippen LogP contribution in [0.2, 0.25) is 0 Å². The molecule has 0 saturated carbocycles. The highest BCUT2D eigenvalue weighted by atomic mass is 32.2. The molecular weight excluding hydrogens is 414 g/mol. The maximum absolute atomic E-state index is 5.96. The van der Waals surface area contributed by atoms with Crippen LogP contribution in [0.15, 0.2) is 78.5 Å².